The smallest absolute Gasteiger partial charge is 0.234 e. The summed E-state index contributed by atoms with van der Waals surface area (Å²) in [5.74, 6) is -2.28. The summed E-state index contributed by atoms with van der Waals surface area (Å²) < 4.78 is 44.2. The molecule has 0 bridgehead atoms. The number of nitrogens with one attached hydrogen (secondary N) is 6. The fourth-order valence-corrected chi connectivity index (χ4v) is 9.46. The molecule has 4 rings (SSSR count). The van der Waals surface area contributed by atoms with Crippen molar-refractivity contribution in [1.29, 1.82) is 0 Å². The monoisotopic (exact) mass is 1250 g/mol. The van der Waals surface area contributed by atoms with E-state index < -0.39 is 166 Å². The minimum atomic E-state index is -1.96. The van der Waals surface area contributed by atoms with Gasteiger partial charge in [0.2, 0.25) is 35.4 Å². The first-order valence-electron chi connectivity index (χ1n) is 29.2. The van der Waals surface area contributed by atoms with Crippen LogP contribution in [0.4, 0.5) is 0 Å². The van der Waals surface area contributed by atoms with E-state index >= 15 is 0 Å². The van der Waals surface area contributed by atoms with Crippen molar-refractivity contribution in [2.45, 2.75) is 201 Å². The van der Waals surface area contributed by atoms with Gasteiger partial charge in [0.1, 0.15) is 91.6 Å². The number of amides is 6. The molecule has 4 saturated heterocycles. The quantitative estimate of drug-likeness (QED) is 0.0255. The van der Waals surface area contributed by atoms with Gasteiger partial charge in [-0.05, 0) is 46.0 Å². The third-order valence-electron chi connectivity index (χ3n) is 14.5. The molecule has 34 heteroatoms. The lowest BCUT2D eigenvalue weighted by Crippen LogP contribution is -2.65. The van der Waals surface area contributed by atoms with Crippen LogP contribution in [0.15, 0.2) is 0 Å². The lowest BCUT2D eigenvalue weighted by molar-refractivity contribution is -0.366. The van der Waals surface area contributed by atoms with Crippen molar-refractivity contribution >= 4 is 35.4 Å². The molecule has 0 aromatic carbocycles. The van der Waals surface area contributed by atoms with Gasteiger partial charge in [-0.15, -0.1) is 0 Å². The van der Waals surface area contributed by atoms with E-state index in [9.17, 15) is 95.2 Å². The summed E-state index contributed by atoms with van der Waals surface area (Å²) in [7, 11) is 0. The molecule has 86 heavy (non-hydrogen) atoms. The van der Waals surface area contributed by atoms with Crippen LogP contribution in [0.5, 0.6) is 0 Å². The van der Waals surface area contributed by atoms with Gasteiger partial charge in [-0.25, -0.2) is 0 Å². The second-order valence-electron chi connectivity index (χ2n) is 21.3. The van der Waals surface area contributed by atoms with Crippen molar-refractivity contribution in [3.8, 4) is 0 Å². The van der Waals surface area contributed by atoms with Crippen molar-refractivity contribution in [2.24, 2.45) is 0 Å². The van der Waals surface area contributed by atoms with Gasteiger partial charge in [0, 0.05) is 58.5 Å². The molecule has 20 atom stereocenters. The van der Waals surface area contributed by atoms with Crippen LogP contribution in [-0.2, 0) is 66.7 Å². The Morgan fingerprint density at radius 2 is 0.791 bits per heavy atom. The lowest BCUT2D eigenvalue weighted by Gasteiger charge is -2.46. The maximum atomic E-state index is 13.1. The fourth-order valence-electron chi connectivity index (χ4n) is 9.46. The molecule has 0 aromatic rings. The number of hydrogen-bond donors (Lipinski definition) is 19. The largest absolute Gasteiger partial charge is 0.394 e. The molecule has 0 saturated carbocycles. The number of carbonyl (C=O) groups excluding carboxylic acids is 6. The number of ether oxygens (including phenoxy) is 8. The maximum absolute atomic E-state index is 13.1. The Morgan fingerprint density at radius 1 is 0.395 bits per heavy atom. The van der Waals surface area contributed by atoms with E-state index in [0.29, 0.717) is 58.0 Å². The molecule has 4 aliphatic heterocycles. The SMILES string of the molecule is CCNC(=O)CCCCCNC(=O)CN(CC(=O)NCCCCCC(=O)NCCO[C@@H]1O[C@@H](C)[C@@H](O)[C@@H](O)[C@@H]1O)CC(=O)NCCCC(=O)NCCO[C@H]1O[C@H](CO[C@H]2O[C@H](CO)[C@@H](O)[C@H](O)[C@@H]2O)[C@@H](O)C(O[C@H]2O[C@H](CO)[C@@H](O)[C@H](O)[C@@H]2O)[C@@H]1O. The molecule has 4 fully saturated rings. The van der Waals surface area contributed by atoms with E-state index in [1.165, 1.54) is 11.8 Å². The van der Waals surface area contributed by atoms with Gasteiger partial charge in [0.25, 0.3) is 0 Å². The Hall–Kier alpha value is -4.06. The molecule has 498 valence electrons. The fraction of sp³-hybridized carbons (Fsp3) is 0.885. The van der Waals surface area contributed by atoms with E-state index in [1.54, 1.807) is 0 Å². The van der Waals surface area contributed by atoms with E-state index in [0.717, 1.165) is 0 Å². The highest BCUT2D eigenvalue weighted by molar-refractivity contribution is 5.84. The zero-order valence-electron chi connectivity index (χ0n) is 48.5. The van der Waals surface area contributed by atoms with E-state index in [-0.39, 0.29) is 90.1 Å². The van der Waals surface area contributed by atoms with Crippen molar-refractivity contribution in [3.63, 3.8) is 0 Å². The van der Waals surface area contributed by atoms with Crippen molar-refractivity contribution in [1.82, 2.24) is 36.8 Å². The average molecular weight is 1250 g/mol. The molecule has 4 aliphatic rings. The Kier molecular flexibility index (Phi) is 33.9. The number of carbonyl (C=O) groups is 6. The number of aliphatic hydroxyl groups excluding tert-OH is 13. The van der Waals surface area contributed by atoms with Crippen molar-refractivity contribution in [3.05, 3.63) is 0 Å². The molecule has 0 spiro atoms. The first-order chi connectivity index (χ1) is 41.0. The first-order valence-corrected chi connectivity index (χ1v) is 29.2. The minimum absolute atomic E-state index is 0.0135. The number of nitrogens with zero attached hydrogens (tertiary/aromatic N) is 1. The summed E-state index contributed by atoms with van der Waals surface area (Å²) >= 11 is 0. The van der Waals surface area contributed by atoms with E-state index in [4.69, 9.17) is 37.9 Å². The zero-order chi connectivity index (χ0) is 63.5. The predicted molar refractivity (Wildman–Crippen MR) is 290 cm³/mol. The van der Waals surface area contributed by atoms with Gasteiger partial charge in [-0.2, -0.15) is 0 Å². The first kappa shape index (κ1) is 74.4. The Morgan fingerprint density at radius 3 is 1.28 bits per heavy atom. The Balaban J connectivity index is 1.21. The highest BCUT2D eigenvalue weighted by Gasteiger charge is 2.52. The third-order valence-corrected chi connectivity index (χ3v) is 14.5. The van der Waals surface area contributed by atoms with Crippen molar-refractivity contribution in [2.75, 3.05) is 91.9 Å². The number of hydrogen-bond acceptors (Lipinski definition) is 28. The normalized spacial score (nSPS) is 32.9. The van der Waals surface area contributed by atoms with Gasteiger partial charge >= 0.3 is 0 Å². The Labute approximate surface area is 497 Å². The van der Waals surface area contributed by atoms with E-state index in [1.807, 2.05) is 6.92 Å². The number of rotatable bonds is 38. The highest BCUT2D eigenvalue weighted by atomic mass is 16.8. The number of unbranched alkanes of at least 4 members (excludes halogenated alkanes) is 4. The summed E-state index contributed by atoms with van der Waals surface area (Å²) in [4.78, 5) is 77.3. The average Bonchev–Trinajstić information content (AvgIpc) is 2.62. The maximum Gasteiger partial charge on any atom is 0.234 e. The number of aliphatic hydroxyl groups is 13. The zero-order valence-corrected chi connectivity index (χ0v) is 48.5. The second kappa shape index (κ2) is 39.2. The highest BCUT2D eigenvalue weighted by Crippen LogP contribution is 2.31. The molecule has 6 amide bonds. The molecular formula is C52H93N7O27. The van der Waals surface area contributed by atoms with Crippen LogP contribution in [0.1, 0.15) is 78.1 Å². The van der Waals surface area contributed by atoms with Crippen LogP contribution >= 0.6 is 0 Å². The lowest BCUT2D eigenvalue weighted by atomic mass is 9.96. The van der Waals surface area contributed by atoms with Crippen LogP contribution in [0.3, 0.4) is 0 Å². The minimum Gasteiger partial charge on any atom is -0.394 e. The van der Waals surface area contributed by atoms with Gasteiger partial charge in [-0.1, -0.05) is 12.8 Å². The standard InChI is InChI=1S/C52H93N7O27/c1-3-53-31(62)11-6-4-8-14-54-34(65)21-59(22-35(66)55-15-9-5-7-12-32(63)57-17-19-79-49-44(75)41(72)37(68)27(2)82-49)23-36(67)56-16-10-13-33(64)58-18-20-80-51-47(78)48(86-52-46(77)43(74)39(70)29(25-61)84-52)40(71)30(85-51)26-81-50-45(76)42(73)38(69)28(24-60)83-50/h27-30,37-52,60-61,68-78H,3-26H2,1-2H3,(H,53,62)(H,54,65)(H,55,66)(H,56,67)(H,57,63)(H,58,64)/t27-,28+,29+,30+,37+,38+,39+,40+,41+,42-,43-,44-,45-,46-,47-,48?,49+,50-,51-,52+/m0/s1. The second-order valence-corrected chi connectivity index (χ2v) is 21.3. The van der Waals surface area contributed by atoms with Crippen LogP contribution in [-0.4, -0.2) is 321 Å². The van der Waals surface area contributed by atoms with Crippen LogP contribution in [0.2, 0.25) is 0 Å². The summed E-state index contributed by atoms with van der Waals surface area (Å²) in [6.45, 7) is 0.690. The molecule has 0 aliphatic carbocycles. The summed E-state index contributed by atoms with van der Waals surface area (Å²) in [5, 5.41) is 150. The van der Waals surface area contributed by atoms with Crippen LogP contribution in [0, 0.1) is 0 Å². The van der Waals surface area contributed by atoms with Crippen LogP contribution in [0.25, 0.3) is 0 Å². The molecular weight excluding hydrogens is 1150 g/mol. The van der Waals surface area contributed by atoms with Crippen molar-refractivity contribution < 1.29 is 133 Å². The van der Waals surface area contributed by atoms with Gasteiger partial charge in [-0.3, -0.25) is 33.7 Å². The summed E-state index contributed by atoms with van der Waals surface area (Å²) in [5.41, 5.74) is 0. The molecule has 0 aromatic heterocycles. The summed E-state index contributed by atoms with van der Waals surface area (Å²) in [6, 6.07) is 0. The third kappa shape index (κ3) is 24.4. The molecule has 1 unspecified atom stereocenters. The predicted octanol–water partition coefficient (Wildman–Crippen LogP) is -9.78. The molecule has 4 heterocycles. The topological polar surface area (TPSA) is 515 Å². The molecule has 34 nitrogen and oxygen atoms in total. The van der Waals surface area contributed by atoms with Gasteiger partial charge in [0.15, 0.2) is 25.2 Å². The summed E-state index contributed by atoms with van der Waals surface area (Å²) in [6.07, 6.45) is -28.1. The molecule has 0 radical (unpaired) electrons. The van der Waals surface area contributed by atoms with Crippen LogP contribution < -0.4 is 31.9 Å². The Bertz CT molecular complexity index is 2030. The van der Waals surface area contributed by atoms with Gasteiger partial charge in [0.05, 0.1) is 58.8 Å². The van der Waals surface area contributed by atoms with Gasteiger partial charge < -0.3 is 136 Å². The van der Waals surface area contributed by atoms with E-state index in [2.05, 4.69) is 31.9 Å². The molecule has 19 N–H and O–H groups in total.